The Labute approximate surface area is 82.6 Å². The smallest absolute Gasteiger partial charge is 0.153 e. The SMILES string of the molecule is C1C2OC12.COc1ccccc1C=O. The van der Waals surface area contributed by atoms with Crippen molar-refractivity contribution in [2.75, 3.05) is 7.11 Å². The van der Waals surface area contributed by atoms with Crippen molar-refractivity contribution in [2.45, 2.75) is 18.6 Å². The number of rotatable bonds is 2. The molecule has 2 fully saturated rings. The monoisotopic (exact) mass is 192 g/mol. The quantitative estimate of drug-likeness (QED) is 0.528. The first kappa shape index (κ1) is 9.21. The number of epoxide rings is 1. The van der Waals surface area contributed by atoms with Crippen molar-refractivity contribution in [2.24, 2.45) is 0 Å². The molecule has 1 aliphatic carbocycles. The molecule has 3 rings (SSSR count). The van der Waals surface area contributed by atoms with Gasteiger partial charge in [0, 0.05) is 6.42 Å². The van der Waals surface area contributed by atoms with Crippen molar-refractivity contribution in [3.8, 4) is 5.75 Å². The average Bonchev–Trinajstić information content (AvgIpc) is 3.07. The van der Waals surface area contributed by atoms with Crippen LogP contribution in [0.4, 0.5) is 0 Å². The first-order valence-corrected chi connectivity index (χ1v) is 4.59. The van der Waals surface area contributed by atoms with E-state index in [0.29, 0.717) is 11.3 Å². The zero-order chi connectivity index (χ0) is 9.97. The van der Waals surface area contributed by atoms with E-state index >= 15 is 0 Å². The molecule has 2 unspecified atom stereocenters. The van der Waals surface area contributed by atoms with E-state index in [-0.39, 0.29) is 0 Å². The van der Waals surface area contributed by atoms with Gasteiger partial charge >= 0.3 is 0 Å². The number of methoxy groups -OCH3 is 1. The van der Waals surface area contributed by atoms with Gasteiger partial charge in [-0.3, -0.25) is 4.79 Å². The van der Waals surface area contributed by atoms with Crippen molar-refractivity contribution in [1.29, 1.82) is 0 Å². The number of fused-ring (bicyclic) bond motifs is 1. The Kier molecular flexibility index (Phi) is 2.50. The highest BCUT2D eigenvalue weighted by molar-refractivity contribution is 5.79. The molecule has 1 saturated heterocycles. The number of hydrogen-bond acceptors (Lipinski definition) is 3. The second-order valence-electron chi connectivity index (χ2n) is 3.31. The summed E-state index contributed by atoms with van der Waals surface area (Å²) in [5, 5.41) is 0. The Morgan fingerprint density at radius 2 is 2.00 bits per heavy atom. The average molecular weight is 192 g/mol. The van der Waals surface area contributed by atoms with Crippen LogP contribution in [-0.2, 0) is 4.74 Å². The Morgan fingerprint density at radius 3 is 2.36 bits per heavy atom. The summed E-state index contributed by atoms with van der Waals surface area (Å²) in [4.78, 5) is 10.3. The number of para-hydroxylation sites is 1. The van der Waals surface area contributed by atoms with Crippen LogP contribution in [0, 0.1) is 0 Å². The van der Waals surface area contributed by atoms with Crippen molar-refractivity contribution in [3.63, 3.8) is 0 Å². The maximum Gasteiger partial charge on any atom is 0.153 e. The Hall–Kier alpha value is -1.35. The molecule has 3 nitrogen and oxygen atoms in total. The summed E-state index contributed by atoms with van der Waals surface area (Å²) in [6, 6.07) is 7.09. The minimum atomic E-state index is 0.588. The highest BCUT2D eigenvalue weighted by atomic mass is 16.6. The summed E-state index contributed by atoms with van der Waals surface area (Å²) in [6.45, 7) is 0. The molecule has 0 N–H and O–H groups in total. The first-order chi connectivity index (χ1) is 6.85. The summed E-state index contributed by atoms with van der Waals surface area (Å²) in [5.41, 5.74) is 0.588. The van der Waals surface area contributed by atoms with Crippen molar-refractivity contribution in [3.05, 3.63) is 29.8 Å². The van der Waals surface area contributed by atoms with Gasteiger partial charge in [-0.05, 0) is 12.1 Å². The van der Waals surface area contributed by atoms with Gasteiger partial charge in [-0.15, -0.1) is 0 Å². The summed E-state index contributed by atoms with van der Waals surface area (Å²) in [7, 11) is 1.54. The Morgan fingerprint density at radius 1 is 1.43 bits per heavy atom. The third kappa shape index (κ3) is 2.12. The molecule has 0 spiro atoms. The maximum absolute atomic E-state index is 10.3. The number of hydrogen-bond donors (Lipinski definition) is 0. The van der Waals surface area contributed by atoms with Gasteiger partial charge in [-0.2, -0.15) is 0 Å². The molecule has 1 saturated carbocycles. The zero-order valence-electron chi connectivity index (χ0n) is 7.97. The minimum Gasteiger partial charge on any atom is -0.496 e. The molecule has 1 aromatic rings. The lowest BCUT2D eigenvalue weighted by Crippen LogP contribution is -1.88. The van der Waals surface area contributed by atoms with E-state index in [2.05, 4.69) is 0 Å². The van der Waals surface area contributed by atoms with Crippen molar-refractivity contribution >= 4 is 6.29 Å². The molecule has 1 aromatic carbocycles. The van der Waals surface area contributed by atoms with Crippen molar-refractivity contribution < 1.29 is 14.3 Å². The van der Waals surface area contributed by atoms with E-state index in [9.17, 15) is 4.79 Å². The second-order valence-corrected chi connectivity index (χ2v) is 3.31. The van der Waals surface area contributed by atoms with Crippen LogP contribution < -0.4 is 4.74 Å². The Bertz CT molecular complexity index is 323. The van der Waals surface area contributed by atoms with Gasteiger partial charge in [-0.1, -0.05) is 12.1 Å². The number of carbonyl (C=O) groups excluding carboxylic acids is 1. The van der Waals surface area contributed by atoms with E-state index < -0.39 is 0 Å². The molecule has 2 atom stereocenters. The summed E-state index contributed by atoms with van der Waals surface area (Å²) >= 11 is 0. The fourth-order valence-electron chi connectivity index (χ4n) is 1.08. The number of aldehydes is 1. The molecule has 0 radical (unpaired) electrons. The van der Waals surface area contributed by atoms with E-state index in [0.717, 1.165) is 18.5 Å². The lowest BCUT2D eigenvalue weighted by molar-refractivity contribution is 0.112. The highest BCUT2D eigenvalue weighted by Crippen LogP contribution is 2.45. The fourth-order valence-corrected chi connectivity index (χ4v) is 1.08. The largest absolute Gasteiger partial charge is 0.496 e. The molecule has 2 aliphatic rings. The molecule has 3 heteroatoms. The van der Waals surface area contributed by atoms with Gasteiger partial charge in [0.25, 0.3) is 0 Å². The highest BCUT2D eigenvalue weighted by Gasteiger charge is 2.56. The third-order valence-corrected chi connectivity index (χ3v) is 2.22. The van der Waals surface area contributed by atoms with E-state index in [1.54, 1.807) is 25.3 Å². The second kappa shape index (κ2) is 3.80. The van der Waals surface area contributed by atoms with Gasteiger partial charge in [0.2, 0.25) is 0 Å². The van der Waals surface area contributed by atoms with Crippen LogP contribution in [-0.4, -0.2) is 25.6 Å². The molecule has 1 aliphatic heterocycles. The number of carbonyl (C=O) groups is 1. The lowest BCUT2D eigenvalue weighted by Gasteiger charge is -1.99. The molecule has 0 aromatic heterocycles. The molecule has 0 bridgehead atoms. The normalized spacial score (nSPS) is 25.2. The number of benzene rings is 1. The van der Waals surface area contributed by atoms with Crippen LogP contribution in [0.15, 0.2) is 24.3 Å². The van der Waals surface area contributed by atoms with Crippen molar-refractivity contribution in [1.82, 2.24) is 0 Å². The molecule has 74 valence electrons. The summed E-state index contributed by atoms with van der Waals surface area (Å²) < 4.78 is 9.71. The molecule has 1 heterocycles. The molecular formula is C11H12O3. The topological polar surface area (TPSA) is 38.8 Å². The van der Waals surface area contributed by atoms with Crippen LogP contribution in [0.3, 0.4) is 0 Å². The van der Waals surface area contributed by atoms with Crippen LogP contribution in [0.1, 0.15) is 16.8 Å². The van der Waals surface area contributed by atoms with Gasteiger partial charge in [0.1, 0.15) is 5.75 Å². The van der Waals surface area contributed by atoms with Gasteiger partial charge in [0.15, 0.2) is 6.29 Å². The maximum atomic E-state index is 10.3. The van der Waals surface area contributed by atoms with Gasteiger partial charge in [-0.25, -0.2) is 0 Å². The van der Waals surface area contributed by atoms with E-state index in [4.69, 9.17) is 9.47 Å². The predicted octanol–water partition coefficient (Wildman–Crippen LogP) is 1.67. The zero-order valence-corrected chi connectivity index (χ0v) is 7.97. The van der Waals surface area contributed by atoms with E-state index in [1.807, 2.05) is 6.07 Å². The third-order valence-electron chi connectivity index (χ3n) is 2.22. The standard InChI is InChI=1S/C8H8O2.C3H4O/c1-10-8-5-3-2-4-7(8)6-9;1-2-3(1)4-2/h2-6H,1H3;2-3H,1H2. The fraction of sp³-hybridized carbons (Fsp3) is 0.364. The molecule has 14 heavy (non-hydrogen) atoms. The molecule has 0 amide bonds. The first-order valence-electron chi connectivity index (χ1n) is 4.59. The van der Waals surface area contributed by atoms with Gasteiger partial charge < -0.3 is 9.47 Å². The van der Waals surface area contributed by atoms with Crippen LogP contribution in [0.2, 0.25) is 0 Å². The van der Waals surface area contributed by atoms with E-state index in [1.165, 1.54) is 6.42 Å². The Balaban J connectivity index is 0.000000150. The lowest BCUT2D eigenvalue weighted by atomic mass is 10.2. The molecular weight excluding hydrogens is 180 g/mol. The predicted molar refractivity (Wildman–Crippen MR) is 51.7 cm³/mol. The summed E-state index contributed by atoms with van der Waals surface area (Å²) in [5.74, 6) is 0.623. The van der Waals surface area contributed by atoms with Crippen LogP contribution in [0.5, 0.6) is 5.75 Å². The van der Waals surface area contributed by atoms with Gasteiger partial charge in [0.05, 0.1) is 24.9 Å². The number of ether oxygens (including phenoxy) is 2. The van der Waals surface area contributed by atoms with Crippen LogP contribution >= 0.6 is 0 Å². The van der Waals surface area contributed by atoms with Crippen LogP contribution in [0.25, 0.3) is 0 Å². The summed E-state index contributed by atoms with van der Waals surface area (Å²) in [6.07, 6.45) is 3.64. The minimum absolute atomic E-state index is 0.588.